The second-order valence-electron chi connectivity index (χ2n) is 15.9. The van der Waals surface area contributed by atoms with Crippen LogP contribution in [0.1, 0.15) is 116 Å². The molecule has 6 rings (SSSR count). The van der Waals surface area contributed by atoms with Crippen molar-refractivity contribution in [1.82, 2.24) is 0 Å². The SMILES string of the molecule is CC(C)c1ccc(OC(=O)C2CCC(C(=O)Oc3ccc(C(C)C)cc3)CC2)cc1.Cc1cccc(OC(=O)C2CCC(C(=O)Oc3cccc(C)c3)CC2)c1.[HH].[HH]. The average Bonchev–Trinajstić information content (AvgIpc) is 3.18. The summed E-state index contributed by atoms with van der Waals surface area (Å²) >= 11 is 0. The maximum absolute atomic E-state index is 12.5. The summed E-state index contributed by atoms with van der Waals surface area (Å²) in [6, 6.07) is 30.3. The fourth-order valence-corrected chi connectivity index (χ4v) is 7.13. The van der Waals surface area contributed by atoms with Crippen LogP contribution in [0.15, 0.2) is 97.1 Å². The Morgan fingerprint density at radius 3 is 0.946 bits per heavy atom. The van der Waals surface area contributed by atoms with Gasteiger partial charge in [-0.15, -0.1) is 0 Å². The van der Waals surface area contributed by atoms with Crippen molar-refractivity contribution in [2.24, 2.45) is 23.7 Å². The standard InChI is InChI=1S/C26H32O4.C22H24O4.2H2/c1-17(2)19-9-13-23(14-10-19)29-25(27)21-5-7-22(8-6-21)26(28)30-24-15-11-20(12-16-24)18(3)4;1-15-5-3-7-19(13-15)25-21(23)17-9-11-18(12-10-17)22(24)26-20-8-4-6-16(2)14-20;;/h9-18,21-22H,5-8H2,1-4H3;3-8,13-14,17-18H,9-12H2,1-2H3;2*1H. The van der Waals surface area contributed by atoms with Gasteiger partial charge in [-0.25, -0.2) is 0 Å². The van der Waals surface area contributed by atoms with E-state index in [0.29, 0.717) is 86.2 Å². The summed E-state index contributed by atoms with van der Waals surface area (Å²) in [6.45, 7) is 12.4. The Labute approximate surface area is 334 Å². The van der Waals surface area contributed by atoms with Crippen molar-refractivity contribution in [3.63, 3.8) is 0 Å². The highest BCUT2D eigenvalue weighted by molar-refractivity contribution is 5.79. The van der Waals surface area contributed by atoms with Gasteiger partial charge in [0, 0.05) is 2.85 Å². The molecule has 0 saturated heterocycles. The van der Waals surface area contributed by atoms with E-state index in [0.717, 1.165) is 11.1 Å². The number of hydrogen-bond donors (Lipinski definition) is 0. The van der Waals surface area contributed by atoms with Crippen LogP contribution in [-0.4, -0.2) is 23.9 Å². The number of benzene rings is 4. The lowest BCUT2D eigenvalue weighted by molar-refractivity contribution is -0.145. The molecule has 2 aliphatic rings. The zero-order valence-electron chi connectivity index (χ0n) is 33.6. The predicted octanol–water partition coefficient (Wildman–Crippen LogP) is 11.4. The van der Waals surface area contributed by atoms with E-state index in [2.05, 4.69) is 27.7 Å². The van der Waals surface area contributed by atoms with Crippen LogP contribution in [0, 0.1) is 37.5 Å². The zero-order chi connectivity index (χ0) is 40.2. The molecule has 2 aliphatic carbocycles. The molecule has 0 N–H and O–H groups in total. The Kier molecular flexibility index (Phi) is 15.0. The molecule has 0 bridgehead atoms. The molecule has 2 fully saturated rings. The van der Waals surface area contributed by atoms with Crippen LogP contribution in [0.5, 0.6) is 23.0 Å². The van der Waals surface area contributed by atoms with Gasteiger partial charge in [-0.2, -0.15) is 0 Å². The van der Waals surface area contributed by atoms with Crippen molar-refractivity contribution < 1.29 is 41.0 Å². The van der Waals surface area contributed by atoms with E-state index in [1.54, 1.807) is 12.1 Å². The van der Waals surface area contributed by atoms with Crippen LogP contribution in [0.25, 0.3) is 0 Å². The molecule has 0 atom stereocenters. The molecule has 0 aliphatic heterocycles. The molecule has 8 heteroatoms. The van der Waals surface area contributed by atoms with E-state index in [1.807, 2.05) is 98.8 Å². The Bertz CT molecular complexity index is 1780. The maximum Gasteiger partial charge on any atom is 0.314 e. The maximum atomic E-state index is 12.5. The lowest BCUT2D eigenvalue weighted by atomic mass is 9.82. The van der Waals surface area contributed by atoms with Crippen LogP contribution in [0.2, 0.25) is 0 Å². The number of aryl methyl sites for hydroxylation is 2. The van der Waals surface area contributed by atoms with Gasteiger partial charge in [-0.1, -0.05) is 76.2 Å². The predicted molar refractivity (Wildman–Crippen MR) is 221 cm³/mol. The molecule has 56 heavy (non-hydrogen) atoms. The molecule has 8 nitrogen and oxygen atoms in total. The second kappa shape index (κ2) is 20.1. The van der Waals surface area contributed by atoms with Crippen LogP contribution in [0.4, 0.5) is 0 Å². The van der Waals surface area contributed by atoms with E-state index in [9.17, 15) is 19.2 Å². The van der Waals surface area contributed by atoms with Crippen LogP contribution in [0.3, 0.4) is 0 Å². The molecule has 300 valence electrons. The van der Waals surface area contributed by atoms with Gasteiger partial charge in [0.05, 0.1) is 23.7 Å². The van der Waals surface area contributed by atoms with Gasteiger partial charge in [-0.3, -0.25) is 19.2 Å². The molecule has 0 unspecified atom stereocenters. The highest BCUT2D eigenvalue weighted by atomic mass is 16.5. The van der Waals surface area contributed by atoms with Gasteiger partial charge >= 0.3 is 23.9 Å². The molecule has 4 aromatic rings. The Hall–Kier alpha value is -5.24. The smallest absolute Gasteiger partial charge is 0.314 e. The summed E-state index contributed by atoms with van der Waals surface area (Å²) in [5.41, 5.74) is 4.54. The quantitative estimate of drug-likeness (QED) is 0.116. The Morgan fingerprint density at radius 1 is 0.429 bits per heavy atom. The number of ether oxygens (including phenoxy) is 4. The summed E-state index contributed by atoms with van der Waals surface area (Å²) in [4.78, 5) is 49.7. The van der Waals surface area contributed by atoms with Crippen molar-refractivity contribution in [3.8, 4) is 23.0 Å². The Balaban J connectivity index is 0.000000303. The van der Waals surface area contributed by atoms with Crippen molar-refractivity contribution in [3.05, 3.63) is 119 Å². The van der Waals surface area contributed by atoms with E-state index in [1.165, 1.54) is 11.1 Å². The first-order valence-corrected chi connectivity index (χ1v) is 20.0. The third-order valence-corrected chi connectivity index (χ3v) is 10.7. The first-order chi connectivity index (χ1) is 26.8. The number of rotatable bonds is 10. The van der Waals surface area contributed by atoms with Crippen molar-refractivity contribution >= 4 is 23.9 Å². The fourth-order valence-electron chi connectivity index (χ4n) is 7.13. The number of hydrogen-bond acceptors (Lipinski definition) is 8. The molecule has 0 aromatic heterocycles. The summed E-state index contributed by atoms with van der Waals surface area (Å²) < 4.78 is 22.1. The van der Waals surface area contributed by atoms with E-state index >= 15 is 0 Å². The van der Waals surface area contributed by atoms with E-state index < -0.39 is 0 Å². The minimum atomic E-state index is -0.207. The topological polar surface area (TPSA) is 105 Å². The number of esters is 4. The molecular formula is C48H60O8. The van der Waals surface area contributed by atoms with Gasteiger partial charge in [0.15, 0.2) is 0 Å². The summed E-state index contributed by atoms with van der Waals surface area (Å²) in [6.07, 6.45) is 5.20. The average molecular weight is 765 g/mol. The first kappa shape index (κ1) is 41.9. The highest BCUT2D eigenvalue weighted by Gasteiger charge is 2.33. The lowest BCUT2D eigenvalue weighted by Crippen LogP contribution is -2.30. The van der Waals surface area contributed by atoms with E-state index in [-0.39, 0.29) is 50.4 Å². The Morgan fingerprint density at radius 2 is 0.696 bits per heavy atom. The van der Waals surface area contributed by atoms with Crippen LogP contribution >= 0.6 is 0 Å². The van der Waals surface area contributed by atoms with Crippen molar-refractivity contribution in [1.29, 1.82) is 0 Å². The zero-order valence-corrected chi connectivity index (χ0v) is 33.6. The largest absolute Gasteiger partial charge is 0.426 e. The number of carbonyl (C=O) groups is 4. The lowest BCUT2D eigenvalue weighted by Gasteiger charge is -2.25. The minimum absolute atomic E-state index is 0. The van der Waals surface area contributed by atoms with Gasteiger partial charge in [0.1, 0.15) is 23.0 Å². The van der Waals surface area contributed by atoms with Crippen LogP contribution in [-0.2, 0) is 19.2 Å². The van der Waals surface area contributed by atoms with Crippen molar-refractivity contribution in [2.45, 2.75) is 105 Å². The normalized spacial score (nSPS) is 19.3. The third kappa shape index (κ3) is 12.4. The van der Waals surface area contributed by atoms with Crippen molar-refractivity contribution in [2.75, 3.05) is 0 Å². The third-order valence-electron chi connectivity index (χ3n) is 10.7. The second-order valence-corrected chi connectivity index (χ2v) is 15.9. The van der Waals surface area contributed by atoms with Gasteiger partial charge < -0.3 is 18.9 Å². The first-order valence-electron chi connectivity index (χ1n) is 20.0. The fraction of sp³-hybridized carbons (Fsp3) is 0.417. The van der Waals surface area contributed by atoms with Crippen LogP contribution < -0.4 is 18.9 Å². The van der Waals surface area contributed by atoms with E-state index in [4.69, 9.17) is 18.9 Å². The molecule has 0 heterocycles. The molecule has 0 spiro atoms. The monoisotopic (exact) mass is 764 g/mol. The van der Waals surface area contributed by atoms with Gasteiger partial charge in [0.25, 0.3) is 0 Å². The minimum Gasteiger partial charge on any atom is -0.426 e. The summed E-state index contributed by atoms with van der Waals surface area (Å²) in [7, 11) is 0. The molecule has 0 amide bonds. The van der Waals surface area contributed by atoms with Gasteiger partial charge in [-0.05, 0) is 148 Å². The summed E-state index contributed by atoms with van der Waals surface area (Å²) in [5.74, 6) is 1.74. The molecule has 0 radical (unpaired) electrons. The molecule has 4 aromatic carbocycles. The summed E-state index contributed by atoms with van der Waals surface area (Å²) in [5, 5.41) is 0. The highest BCUT2D eigenvalue weighted by Crippen LogP contribution is 2.33. The molecular weight excluding hydrogens is 705 g/mol. The number of carbonyl (C=O) groups excluding carboxylic acids is 4. The molecule has 2 saturated carbocycles. The van der Waals surface area contributed by atoms with Gasteiger partial charge in [0.2, 0.25) is 0 Å².